The Hall–Kier alpha value is -2.07. The summed E-state index contributed by atoms with van der Waals surface area (Å²) < 4.78 is 25.1. The maximum absolute atomic E-state index is 12.8. The van der Waals surface area contributed by atoms with Crippen LogP contribution in [0.4, 0.5) is 4.39 Å². The predicted octanol–water partition coefficient (Wildman–Crippen LogP) is 3.68. The fraction of sp³-hybridized carbons (Fsp3) is 0.0625. The van der Waals surface area contributed by atoms with E-state index in [2.05, 4.69) is 4.98 Å². The van der Waals surface area contributed by atoms with Gasteiger partial charge in [-0.3, -0.25) is 9.19 Å². The zero-order valence-electron chi connectivity index (χ0n) is 10.6. The Balaban J connectivity index is 1.85. The van der Waals surface area contributed by atoms with Crippen molar-refractivity contribution in [3.05, 3.63) is 72.2 Å². The van der Waals surface area contributed by atoms with E-state index in [1.165, 1.54) is 12.1 Å². The molecule has 3 aromatic rings. The largest absolute Gasteiger partial charge is 0.256 e. The molecule has 20 heavy (non-hydrogen) atoms. The van der Waals surface area contributed by atoms with Crippen molar-refractivity contribution in [1.82, 2.24) is 4.98 Å². The van der Waals surface area contributed by atoms with Crippen LogP contribution in [0.25, 0.3) is 10.9 Å². The van der Waals surface area contributed by atoms with E-state index in [1.807, 2.05) is 30.3 Å². The molecule has 1 heterocycles. The number of hydrogen-bond donors (Lipinski definition) is 0. The van der Waals surface area contributed by atoms with Gasteiger partial charge in [0.05, 0.1) is 22.1 Å². The molecule has 0 aliphatic rings. The quantitative estimate of drug-likeness (QED) is 0.734. The maximum atomic E-state index is 12.8. The Morgan fingerprint density at radius 1 is 1.05 bits per heavy atom. The van der Waals surface area contributed by atoms with Crippen molar-refractivity contribution in [2.24, 2.45) is 0 Å². The van der Waals surface area contributed by atoms with Gasteiger partial charge in [0, 0.05) is 16.5 Å². The van der Waals surface area contributed by atoms with Crippen molar-refractivity contribution in [1.29, 1.82) is 0 Å². The molecule has 0 aliphatic heterocycles. The van der Waals surface area contributed by atoms with Gasteiger partial charge in [0.15, 0.2) is 0 Å². The molecule has 0 aliphatic carbocycles. The highest BCUT2D eigenvalue weighted by Gasteiger charge is 2.06. The molecule has 0 spiro atoms. The van der Waals surface area contributed by atoms with Crippen LogP contribution in [0.5, 0.6) is 0 Å². The Bertz CT molecular complexity index is 771. The summed E-state index contributed by atoms with van der Waals surface area (Å²) in [6.45, 7) is 0. The average Bonchev–Trinajstić information content (AvgIpc) is 2.48. The summed E-state index contributed by atoms with van der Waals surface area (Å²) in [5.41, 5.74) is 1.90. The lowest BCUT2D eigenvalue weighted by molar-refractivity contribution is 0.626. The monoisotopic (exact) mass is 285 g/mol. The molecule has 0 fully saturated rings. The van der Waals surface area contributed by atoms with Gasteiger partial charge in [-0.2, -0.15) is 0 Å². The summed E-state index contributed by atoms with van der Waals surface area (Å²) in [6, 6.07) is 15.5. The van der Waals surface area contributed by atoms with Crippen molar-refractivity contribution < 1.29 is 8.60 Å². The van der Waals surface area contributed by atoms with Crippen LogP contribution in [0.3, 0.4) is 0 Å². The van der Waals surface area contributed by atoms with E-state index in [0.29, 0.717) is 10.6 Å². The standard InChI is InChI=1S/C16H12FNOS/c17-14-4-6-15(7-5-14)20(19)11-12-3-8-16-13(10-12)2-1-9-18-16/h1-10H,11H2. The fourth-order valence-electron chi connectivity index (χ4n) is 2.04. The van der Waals surface area contributed by atoms with E-state index in [9.17, 15) is 8.60 Å². The Labute approximate surface area is 118 Å². The molecule has 0 N–H and O–H groups in total. The number of halogens is 1. The third kappa shape index (κ3) is 2.75. The minimum atomic E-state index is -1.17. The van der Waals surface area contributed by atoms with E-state index in [0.717, 1.165) is 16.5 Å². The summed E-state index contributed by atoms with van der Waals surface area (Å²) in [5, 5.41) is 1.03. The second kappa shape index (κ2) is 5.51. The van der Waals surface area contributed by atoms with E-state index < -0.39 is 10.8 Å². The first kappa shape index (κ1) is 12.9. The zero-order chi connectivity index (χ0) is 13.9. The van der Waals surface area contributed by atoms with Gasteiger partial charge in [0.25, 0.3) is 0 Å². The van der Waals surface area contributed by atoms with E-state index >= 15 is 0 Å². The smallest absolute Gasteiger partial charge is 0.123 e. The van der Waals surface area contributed by atoms with Gasteiger partial charge in [-0.15, -0.1) is 0 Å². The molecule has 0 amide bonds. The predicted molar refractivity (Wildman–Crippen MR) is 78.3 cm³/mol. The minimum Gasteiger partial charge on any atom is -0.256 e. The highest BCUT2D eigenvalue weighted by molar-refractivity contribution is 7.84. The topological polar surface area (TPSA) is 30.0 Å². The first-order valence-electron chi connectivity index (χ1n) is 6.20. The third-order valence-corrected chi connectivity index (χ3v) is 4.44. The van der Waals surface area contributed by atoms with Crippen molar-refractivity contribution in [2.75, 3.05) is 0 Å². The van der Waals surface area contributed by atoms with Crippen LogP contribution >= 0.6 is 0 Å². The molecule has 3 rings (SSSR count). The molecule has 2 aromatic carbocycles. The molecule has 0 saturated heterocycles. The second-order valence-corrected chi connectivity index (χ2v) is 5.93. The van der Waals surface area contributed by atoms with Crippen LogP contribution in [-0.2, 0) is 16.6 Å². The number of pyridine rings is 1. The van der Waals surface area contributed by atoms with Crippen LogP contribution < -0.4 is 0 Å². The van der Waals surface area contributed by atoms with Gasteiger partial charge < -0.3 is 0 Å². The number of rotatable bonds is 3. The number of benzene rings is 2. The summed E-state index contributed by atoms with van der Waals surface area (Å²) in [5.74, 6) is 0.0961. The van der Waals surface area contributed by atoms with E-state index in [-0.39, 0.29) is 5.82 Å². The van der Waals surface area contributed by atoms with Gasteiger partial charge in [-0.1, -0.05) is 12.1 Å². The Kier molecular flexibility index (Phi) is 3.56. The molecule has 1 atom stereocenters. The van der Waals surface area contributed by atoms with Crippen molar-refractivity contribution in [2.45, 2.75) is 10.6 Å². The molecule has 4 heteroatoms. The molecule has 0 saturated carbocycles. The normalized spacial score (nSPS) is 12.4. The van der Waals surface area contributed by atoms with Gasteiger partial charge in [-0.25, -0.2) is 4.39 Å². The van der Waals surface area contributed by atoms with Crippen LogP contribution in [0.2, 0.25) is 0 Å². The number of nitrogens with zero attached hydrogens (tertiary/aromatic N) is 1. The molecule has 2 nitrogen and oxygen atoms in total. The molecule has 100 valence electrons. The average molecular weight is 285 g/mol. The highest BCUT2D eigenvalue weighted by Crippen LogP contribution is 2.17. The first-order chi connectivity index (χ1) is 9.72. The summed E-state index contributed by atoms with van der Waals surface area (Å²) in [4.78, 5) is 4.89. The molecule has 0 radical (unpaired) electrons. The minimum absolute atomic E-state index is 0.317. The summed E-state index contributed by atoms with van der Waals surface area (Å²) in [7, 11) is -1.17. The summed E-state index contributed by atoms with van der Waals surface area (Å²) in [6.07, 6.45) is 1.75. The van der Waals surface area contributed by atoms with Crippen LogP contribution in [0, 0.1) is 5.82 Å². The molecular formula is C16H12FNOS. The zero-order valence-corrected chi connectivity index (χ0v) is 11.4. The molecule has 1 unspecified atom stereocenters. The van der Waals surface area contributed by atoms with Crippen molar-refractivity contribution in [3.8, 4) is 0 Å². The van der Waals surface area contributed by atoms with Crippen LogP contribution in [0.1, 0.15) is 5.56 Å². The second-order valence-electron chi connectivity index (χ2n) is 4.47. The fourth-order valence-corrected chi connectivity index (χ4v) is 3.12. The van der Waals surface area contributed by atoms with Crippen molar-refractivity contribution >= 4 is 21.7 Å². The van der Waals surface area contributed by atoms with Gasteiger partial charge in [-0.05, 0) is 48.0 Å². The number of hydrogen-bond acceptors (Lipinski definition) is 2. The van der Waals surface area contributed by atoms with Crippen molar-refractivity contribution in [3.63, 3.8) is 0 Å². The summed E-state index contributed by atoms with van der Waals surface area (Å²) >= 11 is 0. The van der Waals surface area contributed by atoms with Crippen LogP contribution in [0.15, 0.2) is 65.7 Å². The maximum Gasteiger partial charge on any atom is 0.123 e. The number of fused-ring (bicyclic) bond motifs is 1. The molecule has 1 aromatic heterocycles. The first-order valence-corrected chi connectivity index (χ1v) is 7.52. The lowest BCUT2D eigenvalue weighted by Crippen LogP contribution is -1.96. The van der Waals surface area contributed by atoms with E-state index in [1.54, 1.807) is 18.3 Å². The van der Waals surface area contributed by atoms with Crippen LogP contribution in [-0.4, -0.2) is 9.19 Å². The van der Waals surface area contributed by atoms with Gasteiger partial charge in [0.1, 0.15) is 5.82 Å². The van der Waals surface area contributed by atoms with Gasteiger partial charge >= 0.3 is 0 Å². The number of aromatic nitrogens is 1. The third-order valence-electron chi connectivity index (χ3n) is 3.04. The Morgan fingerprint density at radius 2 is 1.85 bits per heavy atom. The molecular weight excluding hydrogens is 273 g/mol. The molecule has 0 bridgehead atoms. The lowest BCUT2D eigenvalue weighted by atomic mass is 10.1. The Morgan fingerprint density at radius 3 is 2.65 bits per heavy atom. The highest BCUT2D eigenvalue weighted by atomic mass is 32.2. The van der Waals surface area contributed by atoms with Gasteiger partial charge in [0.2, 0.25) is 0 Å². The SMILES string of the molecule is O=S(Cc1ccc2ncccc2c1)c1ccc(F)cc1. The van der Waals surface area contributed by atoms with E-state index in [4.69, 9.17) is 0 Å². The lowest BCUT2D eigenvalue weighted by Gasteiger charge is -2.04.